The first kappa shape index (κ1) is 13.6. The van der Waals surface area contributed by atoms with E-state index < -0.39 is 0 Å². The van der Waals surface area contributed by atoms with Crippen molar-refractivity contribution < 1.29 is 0 Å². The largest absolute Gasteiger partial charge is 0.312 e. The second-order valence-electron chi connectivity index (χ2n) is 5.15. The lowest BCUT2D eigenvalue weighted by Crippen LogP contribution is -2.20. The third-order valence-electron chi connectivity index (χ3n) is 3.65. The van der Waals surface area contributed by atoms with Gasteiger partial charge in [0.05, 0.1) is 6.04 Å². The van der Waals surface area contributed by atoms with Gasteiger partial charge in [-0.2, -0.15) is 0 Å². The van der Waals surface area contributed by atoms with Crippen molar-refractivity contribution in [3.05, 3.63) is 35.4 Å². The van der Waals surface area contributed by atoms with Crippen molar-refractivity contribution in [1.82, 2.24) is 25.5 Å². The molecule has 1 fully saturated rings. The minimum Gasteiger partial charge on any atom is -0.312 e. The zero-order chi connectivity index (χ0) is 13.9. The van der Waals surface area contributed by atoms with E-state index in [-0.39, 0.29) is 0 Å². The quantitative estimate of drug-likeness (QED) is 0.827. The Hall–Kier alpha value is -1.40. The fraction of sp³-hybridized carbons (Fsp3) is 0.500. The van der Waals surface area contributed by atoms with E-state index in [4.69, 9.17) is 0 Å². The third kappa shape index (κ3) is 2.86. The molecule has 1 N–H and O–H groups in total. The number of aryl methyl sites for hydroxylation is 1. The van der Waals surface area contributed by atoms with Crippen LogP contribution in [0, 0.1) is 6.92 Å². The monoisotopic (exact) mass is 289 g/mol. The van der Waals surface area contributed by atoms with Gasteiger partial charge in [-0.25, -0.2) is 4.68 Å². The van der Waals surface area contributed by atoms with Crippen LogP contribution in [0.3, 0.4) is 0 Å². The molecule has 1 atom stereocenters. The molecule has 1 aromatic carbocycles. The van der Waals surface area contributed by atoms with Gasteiger partial charge in [0.1, 0.15) is 0 Å². The van der Waals surface area contributed by atoms with Gasteiger partial charge in [0.15, 0.2) is 0 Å². The maximum atomic E-state index is 4.14. The molecule has 6 heteroatoms. The summed E-state index contributed by atoms with van der Waals surface area (Å²) in [6.45, 7) is 2.15. The van der Waals surface area contributed by atoms with Gasteiger partial charge in [0.25, 0.3) is 0 Å². The Morgan fingerprint density at radius 1 is 1.40 bits per heavy atom. The van der Waals surface area contributed by atoms with E-state index in [0.717, 1.165) is 10.9 Å². The van der Waals surface area contributed by atoms with Crippen molar-refractivity contribution in [2.24, 2.45) is 0 Å². The van der Waals surface area contributed by atoms with Crippen LogP contribution in [0.2, 0.25) is 0 Å². The molecular weight excluding hydrogens is 270 g/mol. The number of nitrogens with zero attached hydrogens (tertiary/aromatic N) is 4. The van der Waals surface area contributed by atoms with Crippen molar-refractivity contribution in [2.75, 3.05) is 12.8 Å². The minimum atomic E-state index is 0.311. The third-order valence-corrected chi connectivity index (χ3v) is 4.67. The molecule has 0 saturated heterocycles. The molecule has 1 unspecified atom stereocenters. The summed E-state index contributed by atoms with van der Waals surface area (Å²) in [5, 5.41) is 16.3. The zero-order valence-electron chi connectivity index (χ0n) is 11.8. The Balaban J connectivity index is 1.69. The lowest BCUT2D eigenvalue weighted by atomic mass is 10.0. The predicted octanol–water partition coefficient (Wildman–Crippen LogP) is 2.37. The van der Waals surface area contributed by atoms with Crippen molar-refractivity contribution >= 4 is 11.8 Å². The highest BCUT2D eigenvalue weighted by molar-refractivity contribution is 7.99. The second-order valence-corrected chi connectivity index (χ2v) is 6.13. The molecule has 5 nitrogen and oxygen atoms in total. The van der Waals surface area contributed by atoms with Gasteiger partial charge in [-0.05, 0) is 48.4 Å². The van der Waals surface area contributed by atoms with Crippen LogP contribution in [0.25, 0.3) is 0 Å². The van der Waals surface area contributed by atoms with Crippen molar-refractivity contribution in [2.45, 2.75) is 37.0 Å². The average Bonchev–Trinajstić information content (AvgIpc) is 3.20. The number of thioether (sulfide) groups is 1. The molecule has 1 aliphatic carbocycles. The Morgan fingerprint density at radius 2 is 2.20 bits per heavy atom. The predicted molar refractivity (Wildman–Crippen MR) is 79.8 cm³/mol. The normalized spacial score (nSPS) is 16.3. The van der Waals surface area contributed by atoms with Crippen LogP contribution < -0.4 is 5.32 Å². The molecule has 1 heterocycles. The van der Waals surface area contributed by atoms with Gasteiger partial charge in [0.2, 0.25) is 5.16 Å². The molecule has 1 aromatic heterocycles. The first-order chi connectivity index (χ1) is 9.79. The van der Waals surface area contributed by atoms with E-state index in [9.17, 15) is 0 Å². The van der Waals surface area contributed by atoms with Crippen molar-refractivity contribution in [3.63, 3.8) is 0 Å². The Bertz CT molecular complexity index is 578. The molecule has 106 valence electrons. The van der Waals surface area contributed by atoms with Gasteiger partial charge < -0.3 is 5.32 Å². The molecule has 1 aliphatic rings. The van der Waals surface area contributed by atoms with Crippen molar-refractivity contribution in [1.29, 1.82) is 0 Å². The number of tetrazole rings is 1. The maximum absolute atomic E-state index is 4.14. The van der Waals surface area contributed by atoms with Gasteiger partial charge in [-0.3, -0.25) is 0 Å². The summed E-state index contributed by atoms with van der Waals surface area (Å²) in [7, 11) is 2.00. The molecule has 0 radical (unpaired) electrons. The average molecular weight is 289 g/mol. The molecule has 0 bridgehead atoms. The molecule has 1 saturated carbocycles. The lowest BCUT2D eigenvalue weighted by Gasteiger charge is -2.18. The topological polar surface area (TPSA) is 55.6 Å². The Kier molecular flexibility index (Phi) is 4.03. The summed E-state index contributed by atoms with van der Waals surface area (Å²) in [5.74, 6) is 0.925. The van der Waals surface area contributed by atoms with E-state index >= 15 is 0 Å². The van der Waals surface area contributed by atoms with Crippen molar-refractivity contribution in [3.8, 4) is 0 Å². The summed E-state index contributed by atoms with van der Waals surface area (Å²) in [5.41, 5.74) is 2.65. The molecule has 3 rings (SSSR count). The van der Waals surface area contributed by atoms with Crippen LogP contribution >= 0.6 is 11.8 Å². The van der Waals surface area contributed by atoms with Crippen LogP contribution in [0.5, 0.6) is 0 Å². The van der Waals surface area contributed by atoms with E-state index in [1.807, 2.05) is 11.7 Å². The van der Waals surface area contributed by atoms with Crippen LogP contribution in [-0.4, -0.2) is 33.0 Å². The van der Waals surface area contributed by atoms with Crippen LogP contribution in [-0.2, 0) is 0 Å². The van der Waals surface area contributed by atoms with E-state index in [2.05, 4.69) is 52.0 Å². The first-order valence-corrected chi connectivity index (χ1v) is 7.91. The summed E-state index contributed by atoms with van der Waals surface area (Å²) in [6.07, 6.45) is 2.40. The SMILES string of the molecule is CNC(CSc1nnnn1C1CC1)c1ccccc1C. The van der Waals surface area contributed by atoms with E-state index in [1.54, 1.807) is 11.8 Å². The summed E-state index contributed by atoms with van der Waals surface area (Å²) >= 11 is 1.72. The molecule has 2 aromatic rings. The molecule has 0 amide bonds. The van der Waals surface area contributed by atoms with Gasteiger partial charge in [0, 0.05) is 11.8 Å². The lowest BCUT2D eigenvalue weighted by molar-refractivity contribution is 0.564. The zero-order valence-corrected chi connectivity index (χ0v) is 12.6. The number of nitrogens with one attached hydrogen (secondary N) is 1. The number of benzene rings is 1. The van der Waals surface area contributed by atoms with E-state index in [1.165, 1.54) is 24.0 Å². The fourth-order valence-electron chi connectivity index (χ4n) is 2.29. The smallest absolute Gasteiger partial charge is 0.209 e. The number of aromatic nitrogens is 4. The first-order valence-electron chi connectivity index (χ1n) is 6.93. The fourth-order valence-corrected chi connectivity index (χ4v) is 3.37. The second kappa shape index (κ2) is 5.93. The molecule has 0 aliphatic heterocycles. The van der Waals surface area contributed by atoms with Crippen LogP contribution in [0.15, 0.2) is 29.4 Å². The molecule has 0 spiro atoms. The number of hydrogen-bond acceptors (Lipinski definition) is 5. The Morgan fingerprint density at radius 3 is 2.90 bits per heavy atom. The maximum Gasteiger partial charge on any atom is 0.209 e. The highest BCUT2D eigenvalue weighted by atomic mass is 32.2. The van der Waals surface area contributed by atoms with Gasteiger partial charge in [-0.1, -0.05) is 36.0 Å². The summed E-state index contributed by atoms with van der Waals surface area (Å²) in [6, 6.07) is 9.34. The summed E-state index contributed by atoms with van der Waals surface area (Å²) in [4.78, 5) is 0. The highest BCUT2D eigenvalue weighted by Gasteiger charge is 2.28. The number of rotatable bonds is 6. The van der Waals surface area contributed by atoms with Gasteiger partial charge >= 0.3 is 0 Å². The highest BCUT2D eigenvalue weighted by Crippen LogP contribution is 2.37. The van der Waals surface area contributed by atoms with E-state index in [0.29, 0.717) is 12.1 Å². The molecule has 20 heavy (non-hydrogen) atoms. The number of hydrogen-bond donors (Lipinski definition) is 1. The van der Waals surface area contributed by atoms with Crippen LogP contribution in [0.4, 0.5) is 0 Å². The summed E-state index contributed by atoms with van der Waals surface area (Å²) < 4.78 is 1.97. The minimum absolute atomic E-state index is 0.311. The molecular formula is C14H19N5S. The van der Waals surface area contributed by atoms with Gasteiger partial charge in [-0.15, -0.1) is 5.10 Å². The van der Waals surface area contributed by atoms with Crippen LogP contribution in [0.1, 0.15) is 36.1 Å². The Labute approximate surface area is 123 Å². The standard InChI is InChI=1S/C14H19N5S/c1-10-5-3-4-6-12(10)13(15-2)9-20-14-16-17-18-19(14)11-7-8-11/h3-6,11,13,15H,7-9H2,1-2H3.